The molecule has 0 bridgehead atoms. The summed E-state index contributed by atoms with van der Waals surface area (Å²) >= 11 is 0. The lowest BCUT2D eigenvalue weighted by atomic mass is 9.83. The molecule has 0 aliphatic rings. The molecule has 2 nitrogen and oxygen atoms in total. The number of halogens is 5. The van der Waals surface area contributed by atoms with Crippen LogP contribution in [0.15, 0.2) is 12.4 Å². The topological polar surface area (TPSA) is 25.8 Å². The summed E-state index contributed by atoms with van der Waals surface area (Å²) in [7, 11) is 0. The molecule has 1 heterocycles. The van der Waals surface area contributed by atoms with Crippen LogP contribution in [0.2, 0.25) is 0 Å². The van der Waals surface area contributed by atoms with Crippen LogP contribution in [0.3, 0.4) is 0 Å². The molecule has 0 saturated heterocycles. The maximum Gasteiger partial charge on any atom is 0.482 e. The first kappa shape index (κ1) is 10.9. The van der Waals surface area contributed by atoms with Crippen LogP contribution in [-0.4, -0.2) is 16.9 Å². The zero-order valence-corrected chi connectivity index (χ0v) is 6.80. The molecule has 0 amide bonds. The average Bonchev–Trinajstić information content (AvgIpc) is 2.02. The molecule has 0 aliphatic heterocycles. The van der Waals surface area contributed by atoms with Crippen LogP contribution in [0, 0.1) is 0 Å². The molecule has 1 aromatic rings. The van der Waals surface area contributed by atoms with Crippen molar-refractivity contribution in [3.63, 3.8) is 0 Å². The highest BCUT2D eigenvalue weighted by Gasteiger charge is 2.23. The number of nitrogens with zero attached hydrogens (tertiary/aromatic N) is 2. The van der Waals surface area contributed by atoms with Crippen molar-refractivity contribution in [2.24, 2.45) is 0 Å². The van der Waals surface area contributed by atoms with Crippen LogP contribution in [0.5, 0.6) is 0 Å². The third kappa shape index (κ3) is 3.27. The zero-order valence-electron chi connectivity index (χ0n) is 6.80. The van der Waals surface area contributed by atoms with E-state index in [0.717, 1.165) is 12.4 Å². The van der Waals surface area contributed by atoms with E-state index in [-0.39, 0.29) is 5.56 Å². The number of aromatic nitrogens is 2. The molecule has 1 aromatic heterocycles. The Morgan fingerprint density at radius 1 is 1.14 bits per heavy atom. The number of alkyl halides is 2. The molecule has 14 heavy (non-hydrogen) atoms. The van der Waals surface area contributed by atoms with Gasteiger partial charge in [0.25, 0.3) is 6.43 Å². The summed E-state index contributed by atoms with van der Waals surface area (Å²) < 4.78 is 59.4. The van der Waals surface area contributed by atoms with Gasteiger partial charge in [0.1, 0.15) is 0 Å². The van der Waals surface area contributed by atoms with Crippen molar-refractivity contribution in [2.45, 2.75) is 12.7 Å². The van der Waals surface area contributed by atoms with Crippen LogP contribution in [0.4, 0.5) is 21.7 Å². The van der Waals surface area contributed by atoms with Gasteiger partial charge < -0.3 is 12.9 Å². The van der Waals surface area contributed by atoms with E-state index in [1.807, 2.05) is 0 Å². The highest BCUT2D eigenvalue weighted by molar-refractivity contribution is 6.57. The summed E-state index contributed by atoms with van der Waals surface area (Å²) in [6.45, 7) is -4.98. The van der Waals surface area contributed by atoms with Gasteiger partial charge in [-0.05, 0) is 5.56 Å². The van der Waals surface area contributed by atoms with Crippen LogP contribution in [0.1, 0.15) is 17.8 Å². The quantitative estimate of drug-likeness (QED) is 0.566. The molecule has 0 saturated carbocycles. The van der Waals surface area contributed by atoms with E-state index < -0.39 is 25.5 Å². The molecule has 0 N–H and O–H groups in total. The minimum atomic E-state index is -4.98. The lowest BCUT2D eigenvalue weighted by molar-refractivity contribution is 0.140. The molecule has 0 fully saturated rings. The van der Waals surface area contributed by atoms with Gasteiger partial charge in [-0.3, -0.25) is 0 Å². The molecule has 8 heteroatoms. The maximum atomic E-state index is 11.9. The Labute approximate surface area is 76.2 Å². The molecular weight excluding hydrogens is 206 g/mol. The number of hydrogen-bond acceptors (Lipinski definition) is 2. The van der Waals surface area contributed by atoms with Crippen molar-refractivity contribution < 1.29 is 21.7 Å². The molecule has 1 rings (SSSR count). The van der Waals surface area contributed by atoms with Gasteiger partial charge in [-0.15, -0.1) is 0 Å². The average molecular weight is 211 g/mol. The van der Waals surface area contributed by atoms with Crippen molar-refractivity contribution in [3.8, 4) is 0 Å². The molecular formula is C6H5BF5N2-. The van der Waals surface area contributed by atoms with Gasteiger partial charge >= 0.3 is 6.98 Å². The Hall–Kier alpha value is -1.21. The van der Waals surface area contributed by atoms with Gasteiger partial charge in [-0.1, -0.05) is 6.32 Å². The van der Waals surface area contributed by atoms with Gasteiger partial charge in [0.2, 0.25) is 0 Å². The minimum absolute atomic E-state index is 0.207. The van der Waals surface area contributed by atoms with E-state index in [4.69, 9.17) is 0 Å². The highest BCUT2D eigenvalue weighted by Crippen LogP contribution is 2.17. The van der Waals surface area contributed by atoms with Gasteiger partial charge in [0.05, 0.1) is 0 Å². The SMILES string of the molecule is FC(F)c1ncc(C[B-](F)(F)F)cn1. The van der Waals surface area contributed by atoms with Crippen molar-refractivity contribution in [1.29, 1.82) is 0 Å². The van der Waals surface area contributed by atoms with E-state index >= 15 is 0 Å². The molecule has 78 valence electrons. The first-order valence-corrected chi connectivity index (χ1v) is 3.68. The maximum absolute atomic E-state index is 11.9. The van der Waals surface area contributed by atoms with Crippen LogP contribution < -0.4 is 0 Å². The van der Waals surface area contributed by atoms with E-state index in [1.54, 1.807) is 0 Å². The minimum Gasteiger partial charge on any atom is -0.449 e. The van der Waals surface area contributed by atoms with Crippen LogP contribution in [0.25, 0.3) is 0 Å². The second-order valence-corrected chi connectivity index (χ2v) is 2.66. The van der Waals surface area contributed by atoms with Crippen molar-refractivity contribution in [1.82, 2.24) is 9.97 Å². The van der Waals surface area contributed by atoms with Gasteiger partial charge in [-0.25, -0.2) is 18.7 Å². The number of hydrogen-bond donors (Lipinski definition) is 0. The molecule has 0 unspecified atom stereocenters. The molecule has 0 aromatic carbocycles. The lowest BCUT2D eigenvalue weighted by Crippen LogP contribution is -2.19. The Kier molecular flexibility index (Phi) is 3.02. The van der Waals surface area contributed by atoms with Gasteiger partial charge in [-0.2, -0.15) is 0 Å². The molecule has 0 radical (unpaired) electrons. The summed E-state index contributed by atoms with van der Waals surface area (Å²) in [5.41, 5.74) is -0.207. The normalized spacial score (nSPS) is 12.1. The third-order valence-corrected chi connectivity index (χ3v) is 1.39. The van der Waals surface area contributed by atoms with Gasteiger partial charge in [0.15, 0.2) is 5.82 Å². The van der Waals surface area contributed by atoms with E-state index in [2.05, 4.69) is 9.97 Å². The monoisotopic (exact) mass is 211 g/mol. The fourth-order valence-corrected chi connectivity index (χ4v) is 0.850. The summed E-state index contributed by atoms with van der Waals surface area (Å²) in [6, 6.07) is 0. The fraction of sp³-hybridized carbons (Fsp3) is 0.333. The smallest absolute Gasteiger partial charge is 0.449 e. The summed E-state index contributed by atoms with van der Waals surface area (Å²) in [6.07, 6.45) is -2.47. The highest BCUT2D eigenvalue weighted by atomic mass is 19.4. The standard InChI is InChI=1S/C6H5BF5N2/c8-5(9)6-13-2-4(3-14-6)1-7(10,11)12/h2-3,5H,1H2/q-1. The molecule has 0 aliphatic carbocycles. The summed E-state index contributed by atoms with van der Waals surface area (Å²) in [5, 5.41) is 0. The second kappa shape index (κ2) is 3.89. The Balaban J connectivity index is 2.74. The van der Waals surface area contributed by atoms with Crippen molar-refractivity contribution >= 4 is 6.98 Å². The Morgan fingerprint density at radius 2 is 1.64 bits per heavy atom. The van der Waals surface area contributed by atoms with Crippen molar-refractivity contribution in [3.05, 3.63) is 23.8 Å². The Morgan fingerprint density at radius 3 is 2.00 bits per heavy atom. The predicted octanol–water partition coefficient (Wildman–Crippen LogP) is 2.34. The zero-order chi connectivity index (χ0) is 10.8. The first-order chi connectivity index (χ1) is 6.38. The summed E-state index contributed by atoms with van der Waals surface area (Å²) in [4.78, 5) is 6.22. The van der Waals surface area contributed by atoms with E-state index in [0.29, 0.717) is 0 Å². The lowest BCUT2D eigenvalue weighted by Gasteiger charge is -2.12. The van der Waals surface area contributed by atoms with E-state index in [9.17, 15) is 21.7 Å². The fourth-order valence-electron chi connectivity index (χ4n) is 0.850. The van der Waals surface area contributed by atoms with Crippen LogP contribution >= 0.6 is 0 Å². The summed E-state index contributed by atoms with van der Waals surface area (Å²) in [5.74, 6) is -0.761. The molecule has 0 atom stereocenters. The van der Waals surface area contributed by atoms with Crippen LogP contribution in [-0.2, 0) is 6.32 Å². The number of rotatable bonds is 3. The third-order valence-electron chi connectivity index (χ3n) is 1.39. The predicted molar refractivity (Wildman–Crippen MR) is 39.8 cm³/mol. The van der Waals surface area contributed by atoms with Crippen molar-refractivity contribution in [2.75, 3.05) is 0 Å². The Bertz CT molecular complexity index is 296. The second-order valence-electron chi connectivity index (χ2n) is 2.66. The van der Waals surface area contributed by atoms with Gasteiger partial charge in [0, 0.05) is 12.4 Å². The molecule has 0 spiro atoms. The van der Waals surface area contributed by atoms with E-state index in [1.165, 1.54) is 0 Å². The first-order valence-electron chi connectivity index (χ1n) is 3.68. The largest absolute Gasteiger partial charge is 0.482 e.